The molecule has 2 aromatic heterocycles. The van der Waals surface area contributed by atoms with E-state index in [-0.39, 0.29) is 11.2 Å². The van der Waals surface area contributed by atoms with Gasteiger partial charge in [0.05, 0.1) is 0 Å². The molecule has 7 heteroatoms. The minimum Gasteiger partial charge on any atom is -0.371 e. The largest absolute Gasteiger partial charge is 0.371 e. The summed E-state index contributed by atoms with van der Waals surface area (Å²) in [6.07, 6.45) is 1.10. The predicted molar refractivity (Wildman–Crippen MR) is 105 cm³/mol. The molecule has 1 atom stereocenters. The first kappa shape index (κ1) is 17.7. The maximum Gasteiger partial charge on any atom is 0.178 e. The Hall–Kier alpha value is -2.70. The van der Waals surface area contributed by atoms with Gasteiger partial charge in [0.1, 0.15) is 11.6 Å². The molecular weight excluding hydrogens is 343 g/mol. The first-order valence-electron chi connectivity index (χ1n) is 9.37. The average molecular weight is 368 g/mol. The molecule has 0 amide bonds. The molecule has 0 spiro atoms. The zero-order chi connectivity index (χ0) is 19.0. The quantitative estimate of drug-likeness (QED) is 0.764. The fraction of sp³-hybridized carbons (Fsp3) is 0.450. The van der Waals surface area contributed by atoms with Crippen molar-refractivity contribution in [3.05, 3.63) is 48.0 Å². The van der Waals surface area contributed by atoms with E-state index >= 15 is 0 Å². The van der Waals surface area contributed by atoms with Crippen LogP contribution in [0.3, 0.4) is 0 Å². The van der Waals surface area contributed by atoms with Crippen LogP contribution in [0.2, 0.25) is 0 Å². The van der Waals surface area contributed by atoms with Crippen LogP contribution in [-0.2, 0) is 5.41 Å². The minimum atomic E-state index is -0.193. The molecule has 1 unspecified atom stereocenters. The Bertz CT molecular complexity index is 928. The van der Waals surface area contributed by atoms with Gasteiger partial charge < -0.3 is 10.2 Å². The molecule has 1 fully saturated rings. The number of halogens is 1. The van der Waals surface area contributed by atoms with Gasteiger partial charge in [0.15, 0.2) is 11.5 Å². The van der Waals surface area contributed by atoms with Crippen LogP contribution in [0.1, 0.15) is 33.0 Å². The van der Waals surface area contributed by atoms with Crippen molar-refractivity contribution >= 4 is 17.2 Å². The molecule has 3 aromatic rings. The number of hydrogen-bond donors (Lipinski definition) is 1. The van der Waals surface area contributed by atoms with Crippen molar-refractivity contribution in [2.45, 2.75) is 32.6 Å². The second-order valence-corrected chi connectivity index (χ2v) is 8.22. The summed E-state index contributed by atoms with van der Waals surface area (Å²) < 4.78 is 14.9. The average Bonchev–Trinajstić information content (AvgIpc) is 3.27. The van der Waals surface area contributed by atoms with Crippen molar-refractivity contribution in [2.75, 3.05) is 29.9 Å². The van der Waals surface area contributed by atoms with E-state index in [1.54, 1.807) is 0 Å². The maximum atomic E-state index is 13.1. The highest BCUT2D eigenvalue weighted by Gasteiger charge is 2.24. The zero-order valence-electron chi connectivity index (χ0n) is 16.0. The van der Waals surface area contributed by atoms with Gasteiger partial charge in [-0.05, 0) is 48.7 Å². The molecular formula is C20H25FN6. The number of aromatic nitrogens is 4. The van der Waals surface area contributed by atoms with E-state index in [2.05, 4.69) is 46.3 Å². The highest BCUT2D eigenvalue weighted by atomic mass is 19.1. The van der Waals surface area contributed by atoms with Crippen LogP contribution in [0.4, 0.5) is 15.9 Å². The highest BCUT2D eigenvalue weighted by molar-refractivity contribution is 5.48. The predicted octanol–water partition coefficient (Wildman–Crippen LogP) is 3.50. The smallest absolute Gasteiger partial charge is 0.178 e. The molecule has 1 saturated heterocycles. The van der Waals surface area contributed by atoms with Crippen molar-refractivity contribution in [3.63, 3.8) is 0 Å². The number of hydrogen-bond acceptors (Lipinski definition) is 5. The lowest BCUT2D eigenvalue weighted by Gasteiger charge is -2.19. The van der Waals surface area contributed by atoms with Crippen molar-refractivity contribution in [2.24, 2.45) is 5.92 Å². The van der Waals surface area contributed by atoms with Gasteiger partial charge >= 0.3 is 0 Å². The molecule has 142 valence electrons. The summed E-state index contributed by atoms with van der Waals surface area (Å²) in [6, 6.07) is 10.6. The normalized spacial score (nSPS) is 17.6. The molecule has 1 N–H and O–H groups in total. The van der Waals surface area contributed by atoms with Crippen molar-refractivity contribution in [1.29, 1.82) is 0 Å². The van der Waals surface area contributed by atoms with Crippen LogP contribution in [0.25, 0.3) is 5.65 Å². The molecule has 0 aliphatic carbocycles. The molecule has 1 aliphatic heterocycles. The van der Waals surface area contributed by atoms with Crippen LogP contribution >= 0.6 is 0 Å². The van der Waals surface area contributed by atoms with Gasteiger partial charge in [-0.2, -0.15) is 4.52 Å². The lowest BCUT2D eigenvalue weighted by Crippen LogP contribution is -2.23. The van der Waals surface area contributed by atoms with E-state index in [4.69, 9.17) is 0 Å². The van der Waals surface area contributed by atoms with Crippen LogP contribution in [0.15, 0.2) is 36.4 Å². The Morgan fingerprint density at radius 2 is 1.89 bits per heavy atom. The number of nitrogens with one attached hydrogen (secondary N) is 1. The Morgan fingerprint density at radius 3 is 2.63 bits per heavy atom. The van der Waals surface area contributed by atoms with Gasteiger partial charge in [-0.15, -0.1) is 15.3 Å². The van der Waals surface area contributed by atoms with Gasteiger partial charge in [0, 0.05) is 30.7 Å². The monoisotopic (exact) mass is 368 g/mol. The molecule has 1 aromatic carbocycles. The van der Waals surface area contributed by atoms with Gasteiger partial charge in [-0.3, -0.25) is 0 Å². The molecule has 0 saturated carbocycles. The first-order chi connectivity index (χ1) is 12.9. The van der Waals surface area contributed by atoms with Crippen LogP contribution in [0, 0.1) is 11.7 Å². The molecule has 0 bridgehead atoms. The summed E-state index contributed by atoms with van der Waals surface area (Å²) in [5, 5.41) is 16.6. The number of nitrogens with zero attached hydrogens (tertiary/aromatic N) is 5. The Labute approximate surface area is 158 Å². The third kappa shape index (κ3) is 3.72. The SMILES string of the molecule is CC(C)(C)c1nnc2ccc(NCC3CCN(c4ccc(F)cc4)C3)nn12. The number of anilines is 2. The summed E-state index contributed by atoms with van der Waals surface area (Å²) >= 11 is 0. The fourth-order valence-corrected chi connectivity index (χ4v) is 3.49. The molecule has 6 nitrogen and oxygen atoms in total. The van der Waals surface area contributed by atoms with Crippen molar-refractivity contribution in [1.82, 2.24) is 19.8 Å². The minimum absolute atomic E-state index is 0.119. The third-order valence-electron chi connectivity index (χ3n) is 4.98. The zero-order valence-corrected chi connectivity index (χ0v) is 16.0. The van der Waals surface area contributed by atoms with Crippen LogP contribution < -0.4 is 10.2 Å². The van der Waals surface area contributed by atoms with E-state index in [0.717, 1.165) is 49.0 Å². The maximum absolute atomic E-state index is 13.1. The number of fused-ring (bicyclic) bond motifs is 1. The highest BCUT2D eigenvalue weighted by Crippen LogP contribution is 2.25. The second-order valence-electron chi connectivity index (χ2n) is 8.22. The van der Waals surface area contributed by atoms with Crippen molar-refractivity contribution in [3.8, 4) is 0 Å². The molecule has 0 radical (unpaired) electrons. The standard InChI is InChI=1S/C20H25FN6/c1-20(2,3)19-24-23-18-9-8-17(25-27(18)19)22-12-14-10-11-26(13-14)16-6-4-15(21)5-7-16/h4-9,14H,10-13H2,1-3H3,(H,22,25). The van der Waals surface area contributed by atoms with E-state index < -0.39 is 0 Å². The summed E-state index contributed by atoms with van der Waals surface area (Å²) in [5.74, 6) is 2.01. The van der Waals surface area contributed by atoms with Crippen molar-refractivity contribution < 1.29 is 4.39 Å². The van der Waals surface area contributed by atoms with Crippen LogP contribution in [-0.4, -0.2) is 39.4 Å². The van der Waals surface area contributed by atoms with Gasteiger partial charge in [0.2, 0.25) is 0 Å². The van der Waals surface area contributed by atoms with E-state index in [1.807, 2.05) is 28.8 Å². The Morgan fingerprint density at radius 1 is 1.11 bits per heavy atom. The summed E-state index contributed by atoms with van der Waals surface area (Å²) in [6.45, 7) is 9.11. The summed E-state index contributed by atoms with van der Waals surface area (Å²) in [4.78, 5) is 2.31. The molecule has 27 heavy (non-hydrogen) atoms. The number of benzene rings is 1. The molecule has 1 aliphatic rings. The lowest BCUT2D eigenvalue weighted by molar-refractivity contribution is 0.526. The third-order valence-corrected chi connectivity index (χ3v) is 4.98. The summed E-state index contributed by atoms with van der Waals surface area (Å²) in [5.41, 5.74) is 1.72. The fourth-order valence-electron chi connectivity index (χ4n) is 3.49. The lowest BCUT2D eigenvalue weighted by atomic mass is 9.96. The summed E-state index contributed by atoms with van der Waals surface area (Å²) in [7, 11) is 0. The van der Waals surface area contributed by atoms with Crippen LogP contribution in [0.5, 0.6) is 0 Å². The molecule has 3 heterocycles. The Balaban J connectivity index is 1.41. The van der Waals surface area contributed by atoms with Gasteiger partial charge in [-0.25, -0.2) is 4.39 Å². The molecule has 4 rings (SSSR count). The topological polar surface area (TPSA) is 58.4 Å². The first-order valence-corrected chi connectivity index (χ1v) is 9.37. The second kappa shape index (κ2) is 6.79. The van der Waals surface area contributed by atoms with E-state index in [9.17, 15) is 4.39 Å². The number of rotatable bonds is 4. The van der Waals surface area contributed by atoms with E-state index in [1.165, 1.54) is 12.1 Å². The van der Waals surface area contributed by atoms with Gasteiger partial charge in [0.25, 0.3) is 0 Å². The van der Waals surface area contributed by atoms with Gasteiger partial charge in [-0.1, -0.05) is 20.8 Å². The Kier molecular flexibility index (Phi) is 4.45. The van der Waals surface area contributed by atoms with E-state index in [0.29, 0.717) is 5.92 Å².